The summed E-state index contributed by atoms with van der Waals surface area (Å²) in [6.07, 6.45) is 1.03. The minimum atomic E-state index is -0.339. The van der Waals surface area contributed by atoms with Gasteiger partial charge in [0, 0.05) is 6.54 Å². The van der Waals surface area contributed by atoms with Crippen LogP contribution in [0.25, 0.3) is 0 Å². The molecule has 0 aromatic rings. The molecule has 0 aromatic carbocycles. The zero-order valence-electron chi connectivity index (χ0n) is 9.92. The number of amides is 1. The summed E-state index contributed by atoms with van der Waals surface area (Å²) in [6, 6.07) is 0. The Kier molecular flexibility index (Phi) is 3.20. The number of nitrogens with zero attached hydrogens (tertiary/aromatic N) is 1. The first kappa shape index (κ1) is 11.5. The fraction of sp³-hybridized carbons (Fsp3) is 0.909. The lowest BCUT2D eigenvalue weighted by Gasteiger charge is -2.23. The lowest BCUT2D eigenvalue weighted by Crippen LogP contribution is -2.43. The molecule has 1 N–H and O–H groups in total. The molecule has 0 saturated carbocycles. The summed E-state index contributed by atoms with van der Waals surface area (Å²) in [7, 11) is 0. The van der Waals surface area contributed by atoms with Crippen LogP contribution in [-0.2, 0) is 4.79 Å². The molecule has 1 aliphatic rings. The third-order valence-corrected chi connectivity index (χ3v) is 3.00. The quantitative estimate of drug-likeness (QED) is 0.747. The van der Waals surface area contributed by atoms with Crippen LogP contribution in [0.4, 0.5) is 0 Å². The van der Waals surface area contributed by atoms with Crippen LogP contribution in [0.5, 0.6) is 0 Å². The molecular weight excluding hydrogens is 176 g/mol. The van der Waals surface area contributed by atoms with E-state index < -0.39 is 0 Å². The van der Waals surface area contributed by atoms with E-state index in [4.69, 9.17) is 0 Å². The smallest absolute Gasteiger partial charge is 0.243 e. The zero-order chi connectivity index (χ0) is 10.9. The average molecular weight is 198 g/mol. The Labute approximate surface area is 86.9 Å². The van der Waals surface area contributed by atoms with Crippen molar-refractivity contribution in [2.45, 2.75) is 52.7 Å². The number of carbonyl (C=O) groups is 1. The van der Waals surface area contributed by atoms with E-state index in [0.29, 0.717) is 5.92 Å². The summed E-state index contributed by atoms with van der Waals surface area (Å²) in [5.74, 6) is 0.781. The van der Waals surface area contributed by atoms with Crippen molar-refractivity contribution in [3.63, 3.8) is 0 Å². The van der Waals surface area contributed by atoms with Crippen molar-refractivity contribution in [2.75, 3.05) is 6.54 Å². The Morgan fingerprint density at radius 1 is 1.57 bits per heavy atom. The molecule has 1 heterocycles. The van der Waals surface area contributed by atoms with E-state index in [1.54, 1.807) is 0 Å². The van der Waals surface area contributed by atoms with Gasteiger partial charge in [0.1, 0.15) is 0 Å². The topological polar surface area (TPSA) is 32.3 Å². The molecular formula is C11H22N2O. The van der Waals surface area contributed by atoms with E-state index in [1.165, 1.54) is 0 Å². The fourth-order valence-corrected chi connectivity index (χ4v) is 1.98. The second-order valence-corrected chi connectivity index (χ2v) is 4.86. The monoisotopic (exact) mass is 198 g/mol. The van der Waals surface area contributed by atoms with Crippen LogP contribution < -0.4 is 5.32 Å². The minimum Gasteiger partial charge on any atom is -0.326 e. The fourth-order valence-electron chi connectivity index (χ4n) is 1.98. The van der Waals surface area contributed by atoms with Crippen molar-refractivity contribution in [3.05, 3.63) is 0 Å². The second kappa shape index (κ2) is 3.89. The van der Waals surface area contributed by atoms with Gasteiger partial charge in [0.2, 0.25) is 5.91 Å². The van der Waals surface area contributed by atoms with Crippen LogP contribution in [0.15, 0.2) is 0 Å². The first-order valence-corrected chi connectivity index (χ1v) is 5.49. The largest absolute Gasteiger partial charge is 0.326 e. The van der Waals surface area contributed by atoms with E-state index in [0.717, 1.165) is 13.0 Å². The Balaban J connectivity index is 2.75. The Morgan fingerprint density at radius 3 is 2.50 bits per heavy atom. The lowest BCUT2D eigenvalue weighted by atomic mass is 9.99. The molecule has 0 aromatic heterocycles. The molecule has 0 spiro atoms. The second-order valence-electron chi connectivity index (χ2n) is 4.86. The molecule has 0 radical (unpaired) electrons. The van der Waals surface area contributed by atoms with Gasteiger partial charge in [0.15, 0.2) is 0 Å². The lowest BCUT2D eigenvalue weighted by molar-refractivity contribution is -0.133. The predicted octanol–water partition coefficient (Wildman–Crippen LogP) is 1.59. The summed E-state index contributed by atoms with van der Waals surface area (Å²) in [4.78, 5) is 14.0. The third kappa shape index (κ3) is 1.92. The van der Waals surface area contributed by atoms with E-state index in [-0.39, 0.29) is 17.6 Å². The summed E-state index contributed by atoms with van der Waals surface area (Å²) >= 11 is 0. The number of rotatable bonds is 3. The number of hydrogen-bond acceptors (Lipinski definition) is 2. The van der Waals surface area contributed by atoms with Gasteiger partial charge in [-0.2, -0.15) is 0 Å². The molecule has 2 unspecified atom stereocenters. The summed E-state index contributed by atoms with van der Waals surface area (Å²) in [5, 5.41) is 3.36. The molecule has 3 nitrogen and oxygen atoms in total. The summed E-state index contributed by atoms with van der Waals surface area (Å²) < 4.78 is 0. The molecule has 82 valence electrons. The zero-order valence-corrected chi connectivity index (χ0v) is 9.92. The molecule has 0 aliphatic carbocycles. The van der Waals surface area contributed by atoms with Crippen LogP contribution in [0.1, 0.15) is 41.0 Å². The Hall–Kier alpha value is -0.570. The molecule has 14 heavy (non-hydrogen) atoms. The Morgan fingerprint density at radius 2 is 2.14 bits per heavy atom. The molecule has 1 aliphatic heterocycles. The maximum absolute atomic E-state index is 12.1. The van der Waals surface area contributed by atoms with E-state index in [1.807, 2.05) is 11.8 Å². The van der Waals surface area contributed by atoms with Crippen molar-refractivity contribution >= 4 is 5.91 Å². The first-order chi connectivity index (χ1) is 6.40. The van der Waals surface area contributed by atoms with Gasteiger partial charge in [-0.1, -0.05) is 20.8 Å². The molecule has 0 bridgehead atoms. The third-order valence-electron chi connectivity index (χ3n) is 3.00. The average Bonchev–Trinajstić information content (AvgIpc) is 2.30. The van der Waals surface area contributed by atoms with Gasteiger partial charge in [0.25, 0.3) is 0 Å². The van der Waals surface area contributed by atoms with Gasteiger partial charge < -0.3 is 4.90 Å². The highest BCUT2D eigenvalue weighted by Crippen LogP contribution is 2.23. The highest BCUT2D eigenvalue weighted by molar-refractivity contribution is 5.88. The van der Waals surface area contributed by atoms with E-state index >= 15 is 0 Å². The Bertz CT molecular complexity index is 227. The molecule has 1 amide bonds. The van der Waals surface area contributed by atoms with Gasteiger partial charge in [-0.3, -0.25) is 10.1 Å². The SMILES string of the molecule is CCC1(C)NC(C)N(CC(C)C)C1=O. The van der Waals surface area contributed by atoms with Crippen molar-refractivity contribution in [1.82, 2.24) is 10.2 Å². The molecule has 2 atom stereocenters. The van der Waals surface area contributed by atoms with Crippen molar-refractivity contribution in [1.29, 1.82) is 0 Å². The van der Waals surface area contributed by atoms with Gasteiger partial charge >= 0.3 is 0 Å². The number of nitrogens with one attached hydrogen (secondary N) is 1. The van der Waals surface area contributed by atoms with Crippen LogP contribution >= 0.6 is 0 Å². The van der Waals surface area contributed by atoms with Crippen molar-refractivity contribution in [3.8, 4) is 0 Å². The maximum atomic E-state index is 12.1. The van der Waals surface area contributed by atoms with Crippen LogP contribution in [0.2, 0.25) is 0 Å². The molecule has 1 rings (SSSR count). The molecule has 3 heteroatoms. The van der Waals surface area contributed by atoms with Crippen LogP contribution in [0.3, 0.4) is 0 Å². The van der Waals surface area contributed by atoms with Crippen LogP contribution in [-0.4, -0.2) is 29.1 Å². The van der Waals surface area contributed by atoms with Crippen LogP contribution in [0, 0.1) is 5.92 Å². The van der Waals surface area contributed by atoms with Gasteiger partial charge in [-0.25, -0.2) is 0 Å². The standard InChI is InChI=1S/C11H22N2O/c1-6-11(5)10(14)13(7-8(2)3)9(4)12-11/h8-9,12H,6-7H2,1-5H3. The predicted molar refractivity (Wildman–Crippen MR) is 57.8 cm³/mol. The van der Waals surface area contributed by atoms with Gasteiger partial charge in [-0.05, 0) is 26.2 Å². The van der Waals surface area contributed by atoms with Gasteiger partial charge in [0.05, 0.1) is 11.7 Å². The van der Waals surface area contributed by atoms with Crippen molar-refractivity contribution < 1.29 is 4.79 Å². The van der Waals surface area contributed by atoms with E-state index in [2.05, 4.69) is 33.0 Å². The van der Waals surface area contributed by atoms with E-state index in [9.17, 15) is 4.79 Å². The molecule has 1 saturated heterocycles. The highest BCUT2D eigenvalue weighted by atomic mass is 16.2. The summed E-state index contributed by atoms with van der Waals surface area (Å²) in [6.45, 7) is 11.2. The minimum absolute atomic E-state index is 0.176. The number of hydrogen-bond donors (Lipinski definition) is 1. The normalized spacial score (nSPS) is 33.1. The number of carbonyl (C=O) groups excluding carboxylic acids is 1. The maximum Gasteiger partial charge on any atom is 0.243 e. The van der Waals surface area contributed by atoms with Crippen molar-refractivity contribution in [2.24, 2.45) is 5.92 Å². The highest BCUT2D eigenvalue weighted by Gasteiger charge is 2.44. The van der Waals surface area contributed by atoms with Gasteiger partial charge in [-0.15, -0.1) is 0 Å². The summed E-state index contributed by atoms with van der Waals surface area (Å²) in [5.41, 5.74) is -0.339. The first-order valence-electron chi connectivity index (χ1n) is 5.49. The molecule has 1 fully saturated rings.